The van der Waals surface area contributed by atoms with Crippen molar-refractivity contribution in [2.24, 2.45) is 0 Å². The molecule has 258 valence electrons. The number of benzene rings is 9. The number of hydrogen-bond acceptors (Lipinski definition) is 1. The van der Waals surface area contributed by atoms with Gasteiger partial charge in [0.1, 0.15) is 0 Å². The Bertz CT molecular complexity index is 2850. The SMILES string of the molecule is C=C1c2ccccc2CC2(c3ccccc3-c3ccccc32)c2cccc(-c3ccc(N(c4cccc5ccccc45)c4cccc5ccccc45)cc3)c21. The van der Waals surface area contributed by atoms with Gasteiger partial charge in [0.15, 0.2) is 0 Å². The van der Waals surface area contributed by atoms with E-state index in [4.69, 9.17) is 6.58 Å². The molecule has 1 nitrogen and oxygen atoms in total. The molecule has 1 heteroatoms. The van der Waals surface area contributed by atoms with Crippen LogP contribution in [-0.2, 0) is 11.8 Å². The highest BCUT2D eigenvalue weighted by Gasteiger charge is 2.47. The lowest BCUT2D eigenvalue weighted by atomic mass is 9.67. The fourth-order valence-corrected chi connectivity index (χ4v) is 9.77. The van der Waals surface area contributed by atoms with Gasteiger partial charge in [-0.25, -0.2) is 0 Å². The summed E-state index contributed by atoms with van der Waals surface area (Å²) in [6.07, 6.45) is 0.872. The van der Waals surface area contributed by atoms with E-state index in [1.807, 2.05) is 0 Å². The first kappa shape index (κ1) is 31.6. The van der Waals surface area contributed by atoms with Crippen LogP contribution in [0.25, 0.3) is 49.4 Å². The smallest absolute Gasteiger partial charge is 0.0540 e. The van der Waals surface area contributed by atoms with Crippen LogP contribution in [-0.4, -0.2) is 0 Å². The highest BCUT2D eigenvalue weighted by Crippen LogP contribution is 2.58. The number of nitrogens with zero attached hydrogens (tertiary/aromatic N) is 1. The molecule has 0 aromatic heterocycles. The van der Waals surface area contributed by atoms with Crippen LogP contribution in [0.5, 0.6) is 0 Å². The second kappa shape index (κ2) is 12.3. The molecule has 55 heavy (non-hydrogen) atoms. The fourth-order valence-electron chi connectivity index (χ4n) is 9.77. The standard InChI is InChI=1S/C54H37N/c1-36-42-20-5-4-17-40(42)35-54(48-26-10-8-23-46(48)47-24-9-11-27-49(47)54)50-28-14-25-45(53(36)50)39-31-33-41(34-32-39)55(51-29-12-18-37-15-2-6-21-43(37)51)52-30-13-19-38-16-3-7-22-44(38)52/h2-34H,1,35H2. The number of hydrogen-bond donors (Lipinski definition) is 0. The third kappa shape index (κ3) is 4.66. The van der Waals surface area contributed by atoms with E-state index in [1.165, 1.54) is 77.2 Å². The Morgan fingerprint density at radius 1 is 0.400 bits per heavy atom. The molecule has 0 saturated heterocycles. The first-order valence-corrected chi connectivity index (χ1v) is 19.2. The Kier molecular flexibility index (Phi) is 7.06. The van der Waals surface area contributed by atoms with Gasteiger partial charge in [-0.3, -0.25) is 0 Å². The van der Waals surface area contributed by atoms with Crippen LogP contribution in [0.1, 0.15) is 33.4 Å². The van der Waals surface area contributed by atoms with Gasteiger partial charge in [0, 0.05) is 16.5 Å². The number of rotatable bonds is 4. The second-order valence-electron chi connectivity index (χ2n) is 14.9. The van der Waals surface area contributed by atoms with Crippen molar-refractivity contribution in [1.29, 1.82) is 0 Å². The largest absolute Gasteiger partial charge is 0.309 e. The summed E-state index contributed by atoms with van der Waals surface area (Å²) < 4.78 is 0. The molecule has 9 aromatic carbocycles. The summed E-state index contributed by atoms with van der Waals surface area (Å²) in [4.78, 5) is 2.43. The molecule has 0 N–H and O–H groups in total. The van der Waals surface area contributed by atoms with Crippen molar-refractivity contribution in [3.05, 3.63) is 240 Å². The zero-order valence-corrected chi connectivity index (χ0v) is 30.4. The molecule has 2 aliphatic rings. The molecule has 0 aliphatic heterocycles. The molecule has 0 amide bonds. The highest BCUT2D eigenvalue weighted by molar-refractivity contribution is 6.05. The van der Waals surface area contributed by atoms with Gasteiger partial charge in [0.2, 0.25) is 0 Å². The van der Waals surface area contributed by atoms with Crippen molar-refractivity contribution in [3.8, 4) is 22.3 Å². The monoisotopic (exact) mass is 699 g/mol. The summed E-state index contributed by atoms with van der Waals surface area (Å²) in [5.74, 6) is 0. The molecule has 9 aromatic rings. The van der Waals surface area contributed by atoms with Gasteiger partial charge in [-0.2, -0.15) is 0 Å². The van der Waals surface area contributed by atoms with Gasteiger partial charge in [-0.05, 0) is 103 Å². The summed E-state index contributed by atoms with van der Waals surface area (Å²) >= 11 is 0. The Labute approximate surface area is 322 Å². The van der Waals surface area contributed by atoms with Gasteiger partial charge < -0.3 is 4.90 Å². The van der Waals surface area contributed by atoms with Gasteiger partial charge in [0.05, 0.1) is 16.8 Å². The minimum Gasteiger partial charge on any atom is -0.309 e. The maximum absolute atomic E-state index is 4.88. The van der Waals surface area contributed by atoms with Gasteiger partial charge in [0.25, 0.3) is 0 Å². The zero-order valence-electron chi connectivity index (χ0n) is 30.4. The lowest BCUT2D eigenvalue weighted by molar-refractivity contribution is 0.631. The lowest BCUT2D eigenvalue weighted by Gasteiger charge is -2.34. The molecular formula is C54H37N. The van der Waals surface area contributed by atoms with Crippen molar-refractivity contribution < 1.29 is 0 Å². The molecular weight excluding hydrogens is 663 g/mol. The molecule has 0 atom stereocenters. The Balaban J connectivity index is 1.13. The van der Waals surface area contributed by atoms with Crippen LogP contribution in [0.4, 0.5) is 17.1 Å². The van der Waals surface area contributed by atoms with Gasteiger partial charge in [-0.1, -0.05) is 183 Å². The topological polar surface area (TPSA) is 3.24 Å². The van der Waals surface area contributed by atoms with E-state index in [9.17, 15) is 0 Å². The van der Waals surface area contributed by atoms with E-state index in [0.29, 0.717) is 0 Å². The van der Waals surface area contributed by atoms with E-state index in [2.05, 4.69) is 205 Å². The number of anilines is 3. The molecule has 11 rings (SSSR count). The predicted molar refractivity (Wildman–Crippen MR) is 232 cm³/mol. The van der Waals surface area contributed by atoms with Crippen molar-refractivity contribution in [2.45, 2.75) is 11.8 Å². The minimum absolute atomic E-state index is 0.354. The molecule has 0 fully saturated rings. The van der Waals surface area contributed by atoms with E-state index < -0.39 is 0 Å². The van der Waals surface area contributed by atoms with Crippen molar-refractivity contribution >= 4 is 44.2 Å². The van der Waals surface area contributed by atoms with Crippen LogP contribution in [0.2, 0.25) is 0 Å². The minimum atomic E-state index is -0.354. The van der Waals surface area contributed by atoms with Crippen LogP contribution in [0.15, 0.2) is 207 Å². The van der Waals surface area contributed by atoms with Crippen LogP contribution in [0.3, 0.4) is 0 Å². The molecule has 0 saturated carbocycles. The average Bonchev–Trinajstić information content (AvgIpc) is 3.47. The van der Waals surface area contributed by atoms with Crippen molar-refractivity contribution in [2.75, 3.05) is 4.90 Å². The van der Waals surface area contributed by atoms with Gasteiger partial charge in [-0.15, -0.1) is 0 Å². The Morgan fingerprint density at radius 3 is 1.51 bits per heavy atom. The molecule has 2 aliphatic carbocycles. The predicted octanol–water partition coefficient (Wildman–Crippen LogP) is 14.1. The van der Waals surface area contributed by atoms with Crippen molar-refractivity contribution in [3.63, 3.8) is 0 Å². The first-order valence-electron chi connectivity index (χ1n) is 19.2. The molecule has 0 unspecified atom stereocenters. The Morgan fingerprint density at radius 2 is 0.873 bits per heavy atom. The normalized spacial score (nSPS) is 13.6. The fraction of sp³-hybridized carbons (Fsp3) is 0.0370. The Hall–Kier alpha value is -6.96. The van der Waals surface area contributed by atoms with Crippen LogP contribution in [0, 0.1) is 0 Å². The molecule has 1 spiro atoms. The van der Waals surface area contributed by atoms with Crippen LogP contribution >= 0.6 is 0 Å². The van der Waals surface area contributed by atoms with E-state index in [1.54, 1.807) is 0 Å². The summed E-state index contributed by atoms with van der Waals surface area (Å²) in [5, 5.41) is 4.87. The zero-order chi connectivity index (χ0) is 36.5. The average molecular weight is 700 g/mol. The molecule has 0 radical (unpaired) electrons. The highest BCUT2D eigenvalue weighted by atomic mass is 15.1. The third-order valence-corrected chi connectivity index (χ3v) is 12.1. The number of fused-ring (bicyclic) bond motifs is 10. The molecule has 0 bridgehead atoms. The quantitative estimate of drug-likeness (QED) is 0.177. The van der Waals surface area contributed by atoms with Gasteiger partial charge >= 0.3 is 0 Å². The van der Waals surface area contributed by atoms with E-state index in [0.717, 1.165) is 29.1 Å². The maximum Gasteiger partial charge on any atom is 0.0540 e. The second-order valence-corrected chi connectivity index (χ2v) is 14.9. The first-order chi connectivity index (χ1) is 27.2. The van der Waals surface area contributed by atoms with Crippen molar-refractivity contribution in [1.82, 2.24) is 0 Å². The summed E-state index contributed by atoms with van der Waals surface area (Å²) in [7, 11) is 0. The van der Waals surface area contributed by atoms with E-state index in [-0.39, 0.29) is 5.41 Å². The summed E-state index contributed by atoms with van der Waals surface area (Å²) in [6, 6.07) is 73.7. The molecule has 0 heterocycles. The summed E-state index contributed by atoms with van der Waals surface area (Å²) in [6.45, 7) is 4.88. The van der Waals surface area contributed by atoms with Crippen LogP contribution < -0.4 is 4.90 Å². The lowest BCUT2D eigenvalue weighted by Crippen LogP contribution is -2.30. The third-order valence-electron chi connectivity index (χ3n) is 12.1. The van der Waals surface area contributed by atoms with E-state index >= 15 is 0 Å². The summed E-state index contributed by atoms with van der Waals surface area (Å²) in [5.41, 5.74) is 17.0. The maximum atomic E-state index is 4.88.